The zero-order chi connectivity index (χ0) is 23.1. The maximum Gasteiger partial charge on any atom is 0.224 e. The SMILES string of the molecule is CC(C)c1nnc(CCC(=O)Nc2cccc(NC(=O)CCc3nnc(C(C)C)o3)c2)o1. The number of rotatable bonds is 10. The second-order valence-electron chi connectivity index (χ2n) is 8.05. The number of hydrogen-bond acceptors (Lipinski definition) is 8. The Kier molecular flexibility index (Phi) is 7.69. The Hall–Kier alpha value is -3.56. The van der Waals surface area contributed by atoms with E-state index >= 15 is 0 Å². The van der Waals surface area contributed by atoms with E-state index in [1.54, 1.807) is 24.3 Å². The summed E-state index contributed by atoms with van der Waals surface area (Å²) in [6, 6.07) is 6.96. The van der Waals surface area contributed by atoms with Crippen molar-refractivity contribution in [1.82, 2.24) is 20.4 Å². The first-order valence-corrected chi connectivity index (χ1v) is 10.6. The Morgan fingerprint density at radius 2 is 1.22 bits per heavy atom. The second-order valence-corrected chi connectivity index (χ2v) is 8.05. The molecule has 0 aliphatic rings. The lowest BCUT2D eigenvalue weighted by molar-refractivity contribution is -0.117. The van der Waals surface area contributed by atoms with Crippen LogP contribution in [0.25, 0.3) is 0 Å². The first kappa shape index (κ1) is 23.1. The van der Waals surface area contributed by atoms with E-state index < -0.39 is 0 Å². The molecule has 0 radical (unpaired) electrons. The molecular weight excluding hydrogens is 412 g/mol. The molecule has 0 saturated heterocycles. The highest BCUT2D eigenvalue weighted by molar-refractivity contribution is 5.94. The van der Waals surface area contributed by atoms with Crippen molar-refractivity contribution in [2.45, 2.75) is 65.2 Å². The van der Waals surface area contributed by atoms with Crippen LogP contribution >= 0.6 is 0 Å². The Morgan fingerprint density at radius 1 is 0.781 bits per heavy atom. The van der Waals surface area contributed by atoms with Gasteiger partial charge in [-0.15, -0.1) is 20.4 Å². The van der Waals surface area contributed by atoms with Gasteiger partial charge in [-0.05, 0) is 18.2 Å². The molecule has 0 spiro atoms. The number of carbonyl (C=O) groups is 2. The quantitative estimate of drug-likeness (QED) is 0.485. The maximum atomic E-state index is 12.3. The summed E-state index contributed by atoms with van der Waals surface area (Å²) in [5.41, 5.74) is 1.17. The van der Waals surface area contributed by atoms with Crippen LogP contribution in [0.1, 0.15) is 75.9 Å². The molecule has 32 heavy (non-hydrogen) atoms. The molecule has 0 fully saturated rings. The summed E-state index contributed by atoms with van der Waals surface area (Å²) < 4.78 is 11.0. The molecule has 2 heterocycles. The average Bonchev–Trinajstić information content (AvgIpc) is 3.41. The van der Waals surface area contributed by atoms with Crippen molar-refractivity contribution in [3.8, 4) is 0 Å². The van der Waals surface area contributed by atoms with Gasteiger partial charge in [0.15, 0.2) is 0 Å². The molecule has 2 N–H and O–H groups in total. The molecule has 3 rings (SSSR count). The Labute approximate surface area is 186 Å². The molecule has 2 amide bonds. The first-order chi connectivity index (χ1) is 15.3. The number of amides is 2. The number of aryl methyl sites for hydroxylation is 2. The number of aromatic nitrogens is 4. The Bertz CT molecular complexity index is 977. The smallest absolute Gasteiger partial charge is 0.224 e. The minimum atomic E-state index is -0.185. The average molecular weight is 441 g/mol. The highest BCUT2D eigenvalue weighted by Gasteiger charge is 2.13. The largest absolute Gasteiger partial charge is 0.425 e. The Balaban J connectivity index is 1.46. The molecule has 2 aromatic heterocycles. The lowest BCUT2D eigenvalue weighted by Crippen LogP contribution is -2.14. The third-order valence-electron chi connectivity index (χ3n) is 4.51. The lowest BCUT2D eigenvalue weighted by atomic mass is 10.2. The molecule has 0 aliphatic heterocycles. The van der Waals surface area contributed by atoms with Gasteiger partial charge in [0.1, 0.15) is 0 Å². The van der Waals surface area contributed by atoms with Crippen LogP contribution in [-0.4, -0.2) is 32.2 Å². The van der Waals surface area contributed by atoms with Crippen molar-refractivity contribution < 1.29 is 18.4 Å². The second kappa shape index (κ2) is 10.7. The van der Waals surface area contributed by atoms with Crippen molar-refractivity contribution in [3.63, 3.8) is 0 Å². The molecule has 0 bridgehead atoms. The van der Waals surface area contributed by atoms with Crippen molar-refractivity contribution in [3.05, 3.63) is 47.8 Å². The maximum absolute atomic E-state index is 12.3. The van der Waals surface area contributed by atoms with Gasteiger partial charge >= 0.3 is 0 Å². The minimum absolute atomic E-state index is 0.146. The summed E-state index contributed by atoms with van der Waals surface area (Å²) in [7, 11) is 0. The number of nitrogens with one attached hydrogen (secondary N) is 2. The molecule has 10 nitrogen and oxygen atoms in total. The molecule has 170 valence electrons. The van der Waals surface area contributed by atoms with Crippen LogP contribution in [0.15, 0.2) is 33.1 Å². The van der Waals surface area contributed by atoms with Gasteiger partial charge in [-0.2, -0.15) is 0 Å². The monoisotopic (exact) mass is 440 g/mol. The zero-order valence-electron chi connectivity index (χ0n) is 18.7. The van der Waals surface area contributed by atoms with Gasteiger partial charge in [0.05, 0.1) is 0 Å². The fourth-order valence-corrected chi connectivity index (χ4v) is 2.76. The van der Waals surface area contributed by atoms with E-state index in [4.69, 9.17) is 8.83 Å². The van der Waals surface area contributed by atoms with E-state index in [-0.39, 0.29) is 36.5 Å². The van der Waals surface area contributed by atoms with Crippen LogP contribution in [0.5, 0.6) is 0 Å². The van der Waals surface area contributed by atoms with Crippen LogP contribution in [0.4, 0.5) is 11.4 Å². The normalized spacial score (nSPS) is 11.2. The third kappa shape index (κ3) is 6.73. The van der Waals surface area contributed by atoms with Crippen LogP contribution in [0.2, 0.25) is 0 Å². The molecule has 1 aromatic carbocycles. The highest BCUT2D eigenvalue weighted by atomic mass is 16.4. The number of hydrogen-bond donors (Lipinski definition) is 2. The number of anilines is 2. The number of nitrogens with zero attached hydrogens (tertiary/aromatic N) is 4. The molecule has 0 saturated carbocycles. The van der Waals surface area contributed by atoms with Crippen molar-refractivity contribution >= 4 is 23.2 Å². The predicted octanol–water partition coefficient (Wildman–Crippen LogP) is 3.84. The van der Waals surface area contributed by atoms with Gasteiger partial charge in [-0.3, -0.25) is 9.59 Å². The summed E-state index contributed by atoms with van der Waals surface area (Å²) in [6.07, 6.45) is 1.13. The van der Waals surface area contributed by atoms with Gasteiger partial charge < -0.3 is 19.5 Å². The van der Waals surface area contributed by atoms with Gasteiger partial charge in [0.2, 0.25) is 35.4 Å². The lowest BCUT2D eigenvalue weighted by Gasteiger charge is -2.08. The van der Waals surface area contributed by atoms with Crippen LogP contribution < -0.4 is 10.6 Å². The summed E-state index contributed by atoms with van der Waals surface area (Å²) in [6.45, 7) is 7.85. The van der Waals surface area contributed by atoms with Gasteiger partial charge in [0, 0.05) is 48.9 Å². The fourth-order valence-electron chi connectivity index (χ4n) is 2.76. The summed E-state index contributed by atoms with van der Waals surface area (Å²) in [5, 5.41) is 21.4. The Morgan fingerprint density at radius 3 is 1.59 bits per heavy atom. The van der Waals surface area contributed by atoms with Crippen molar-refractivity contribution in [2.75, 3.05) is 10.6 Å². The van der Waals surface area contributed by atoms with Gasteiger partial charge in [-0.1, -0.05) is 33.8 Å². The van der Waals surface area contributed by atoms with E-state index in [0.717, 1.165) is 0 Å². The molecular formula is C22H28N6O4. The standard InChI is InChI=1S/C22H28N6O4/c1-13(2)21-27-25-19(31-21)10-8-17(29)23-15-6-5-7-16(12-15)24-18(30)9-11-20-26-28-22(32-20)14(3)4/h5-7,12-14H,8-11H2,1-4H3,(H,23,29)(H,24,30). The van der Waals surface area contributed by atoms with Crippen molar-refractivity contribution in [2.24, 2.45) is 0 Å². The third-order valence-corrected chi connectivity index (χ3v) is 4.51. The van der Waals surface area contributed by atoms with E-state index in [2.05, 4.69) is 31.0 Å². The molecule has 10 heteroatoms. The van der Waals surface area contributed by atoms with E-state index in [1.165, 1.54) is 0 Å². The molecule has 0 aliphatic carbocycles. The first-order valence-electron chi connectivity index (χ1n) is 10.6. The van der Waals surface area contributed by atoms with Crippen LogP contribution in [0.3, 0.4) is 0 Å². The van der Waals surface area contributed by atoms with Crippen LogP contribution in [-0.2, 0) is 22.4 Å². The van der Waals surface area contributed by atoms with E-state index in [1.807, 2.05) is 27.7 Å². The van der Waals surface area contributed by atoms with E-state index in [0.29, 0.717) is 47.8 Å². The van der Waals surface area contributed by atoms with Gasteiger partial charge in [-0.25, -0.2) is 0 Å². The topological polar surface area (TPSA) is 136 Å². The van der Waals surface area contributed by atoms with Crippen LogP contribution in [0, 0.1) is 0 Å². The molecule has 0 atom stereocenters. The predicted molar refractivity (Wildman–Crippen MR) is 117 cm³/mol. The van der Waals surface area contributed by atoms with Gasteiger partial charge in [0.25, 0.3) is 0 Å². The molecule has 0 unspecified atom stereocenters. The highest BCUT2D eigenvalue weighted by Crippen LogP contribution is 2.17. The number of carbonyl (C=O) groups excluding carboxylic acids is 2. The van der Waals surface area contributed by atoms with E-state index in [9.17, 15) is 9.59 Å². The minimum Gasteiger partial charge on any atom is -0.425 e. The fraction of sp³-hybridized carbons (Fsp3) is 0.455. The zero-order valence-corrected chi connectivity index (χ0v) is 18.7. The van der Waals surface area contributed by atoms with Crippen molar-refractivity contribution in [1.29, 1.82) is 0 Å². The molecule has 3 aromatic rings. The summed E-state index contributed by atoms with van der Waals surface area (Å²) >= 11 is 0. The summed E-state index contributed by atoms with van der Waals surface area (Å²) in [4.78, 5) is 24.5. The summed E-state index contributed by atoms with van der Waals surface area (Å²) in [5.74, 6) is 1.91. The number of benzene rings is 1.